The van der Waals surface area contributed by atoms with Gasteiger partial charge >= 0.3 is 6.18 Å². The Morgan fingerprint density at radius 2 is 2.04 bits per heavy atom. The monoisotopic (exact) mass is 399 g/mol. The fourth-order valence-corrected chi connectivity index (χ4v) is 4.11. The normalized spacial score (nSPS) is 21.4. The van der Waals surface area contributed by atoms with Crippen LogP contribution in [-0.2, 0) is 12.7 Å². The molecule has 0 aliphatic carbocycles. The summed E-state index contributed by atoms with van der Waals surface area (Å²) in [5.74, 6) is -0.515. The molecule has 0 aromatic heterocycles. The highest BCUT2D eigenvalue weighted by atomic mass is 35.5. The van der Waals surface area contributed by atoms with Gasteiger partial charge in [-0.2, -0.15) is 13.2 Å². The molecular weight excluding hydrogens is 382 g/mol. The highest BCUT2D eigenvalue weighted by Crippen LogP contribution is 2.47. The molecule has 0 radical (unpaired) electrons. The number of halogens is 5. The first-order valence-corrected chi connectivity index (χ1v) is 9.11. The maximum absolute atomic E-state index is 13.9. The number of benzene rings is 2. The Morgan fingerprint density at radius 1 is 1.22 bits per heavy atom. The van der Waals surface area contributed by atoms with Crippen LogP contribution in [0.15, 0.2) is 30.3 Å². The molecule has 0 amide bonds. The molecule has 0 saturated carbocycles. The van der Waals surface area contributed by atoms with Gasteiger partial charge in [-0.1, -0.05) is 17.7 Å². The molecule has 144 valence electrons. The fraction of sp³-hybridized carbons (Fsp3) is 0.368. The summed E-state index contributed by atoms with van der Waals surface area (Å²) < 4.78 is 54.8. The zero-order valence-electron chi connectivity index (χ0n) is 14.3. The van der Waals surface area contributed by atoms with E-state index in [0.29, 0.717) is 17.8 Å². The van der Waals surface area contributed by atoms with Crippen molar-refractivity contribution in [1.82, 2.24) is 5.32 Å². The van der Waals surface area contributed by atoms with Crippen LogP contribution in [0.1, 0.15) is 29.0 Å². The molecular formula is C19H18ClF4N3. The average molecular weight is 400 g/mol. The van der Waals surface area contributed by atoms with E-state index in [-0.39, 0.29) is 34.8 Å². The predicted octanol–water partition coefficient (Wildman–Crippen LogP) is 4.98. The smallest absolute Gasteiger partial charge is 0.381 e. The average Bonchev–Trinajstić information content (AvgIpc) is 2.98. The van der Waals surface area contributed by atoms with Gasteiger partial charge in [0.2, 0.25) is 0 Å². The van der Waals surface area contributed by atoms with E-state index in [0.717, 1.165) is 19.0 Å². The standard InChI is InChI=1S/C19H18ClF4N3/c20-15-2-1-3-16(21)13(15)9-26-10-6-11-12-8-25-5-4-17(12)27-18(11)14(7-10)19(22,23)24/h1-3,6-7,12,17,25-27H,4-5,8-9H2/t12-,17-/m1/s1. The summed E-state index contributed by atoms with van der Waals surface area (Å²) in [6.45, 7) is 1.41. The van der Waals surface area contributed by atoms with Gasteiger partial charge in [-0.25, -0.2) is 4.39 Å². The molecule has 1 saturated heterocycles. The Balaban J connectivity index is 1.68. The van der Waals surface area contributed by atoms with Crippen LogP contribution in [0.3, 0.4) is 0 Å². The summed E-state index contributed by atoms with van der Waals surface area (Å²) in [6.07, 6.45) is -3.71. The summed E-state index contributed by atoms with van der Waals surface area (Å²) in [5.41, 5.74) is 0.633. The van der Waals surface area contributed by atoms with Crippen LogP contribution in [0.25, 0.3) is 0 Å². The number of anilines is 2. The molecule has 1 fully saturated rings. The zero-order valence-corrected chi connectivity index (χ0v) is 15.0. The maximum Gasteiger partial charge on any atom is 0.418 e. The van der Waals surface area contributed by atoms with E-state index in [1.807, 2.05) is 0 Å². The topological polar surface area (TPSA) is 36.1 Å². The Hall–Kier alpha value is -1.99. The van der Waals surface area contributed by atoms with Gasteiger partial charge in [0, 0.05) is 41.3 Å². The van der Waals surface area contributed by atoms with Gasteiger partial charge in [0.25, 0.3) is 0 Å². The van der Waals surface area contributed by atoms with Crippen LogP contribution in [-0.4, -0.2) is 19.1 Å². The number of fused-ring (bicyclic) bond motifs is 3. The first-order valence-electron chi connectivity index (χ1n) is 8.74. The molecule has 2 aromatic rings. The van der Waals surface area contributed by atoms with E-state index < -0.39 is 17.6 Å². The minimum absolute atomic E-state index is 0.00128. The Bertz CT molecular complexity index is 849. The van der Waals surface area contributed by atoms with Crippen molar-refractivity contribution in [1.29, 1.82) is 0 Å². The van der Waals surface area contributed by atoms with Crippen LogP contribution < -0.4 is 16.0 Å². The molecule has 0 bridgehead atoms. The molecule has 2 aliphatic heterocycles. The van der Waals surface area contributed by atoms with E-state index in [1.165, 1.54) is 12.1 Å². The van der Waals surface area contributed by atoms with Crippen molar-refractivity contribution in [3.8, 4) is 0 Å². The molecule has 0 spiro atoms. The second-order valence-corrected chi connectivity index (χ2v) is 7.30. The van der Waals surface area contributed by atoms with Crippen LogP contribution in [0.5, 0.6) is 0 Å². The Labute approximate surface area is 159 Å². The molecule has 2 aliphatic rings. The lowest BCUT2D eigenvalue weighted by molar-refractivity contribution is -0.136. The van der Waals surface area contributed by atoms with Crippen molar-refractivity contribution in [3.63, 3.8) is 0 Å². The quantitative estimate of drug-likeness (QED) is 0.637. The third kappa shape index (κ3) is 3.46. The van der Waals surface area contributed by atoms with Gasteiger partial charge in [-0.15, -0.1) is 0 Å². The fourth-order valence-electron chi connectivity index (χ4n) is 3.88. The lowest BCUT2D eigenvalue weighted by Crippen LogP contribution is -2.38. The molecule has 4 rings (SSSR count). The minimum atomic E-state index is -4.48. The lowest BCUT2D eigenvalue weighted by Gasteiger charge is -2.26. The number of nitrogens with one attached hydrogen (secondary N) is 3. The van der Waals surface area contributed by atoms with Crippen molar-refractivity contribution >= 4 is 23.0 Å². The third-order valence-corrected chi connectivity index (χ3v) is 5.57. The highest BCUT2D eigenvalue weighted by molar-refractivity contribution is 6.31. The summed E-state index contributed by atoms with van der Waals surface area (Å²) in [5, 5.41) is 9.44. The number of rotatable bonds is 3. The molecule has 2 atom stereocenters. The van der Waals surface area contributed by atoms with Crippen molar-refractivity contribution in [2.45, 2.75) is 31.1 Å². The molecule has 8 heteroatoms. The predicted molar refractivity (Wildman–Crippen MR) is 97.8 cm³/mol. The maximum atomic E-state index is 13.9. The number of alkyl halides is 3. The van der Waals surface area contributed by atoms with Crippen LogP contribution in [0.2, 0.25) is 5.02 Å². The Morgan fingerprint density at radius 3 is 2.78 bits per heavy atom. The lowest BCUT2D eigenvalue weighted by atomic mass is 9.89. The summed E-state index contributed by atoms with van der Waals surface area (Å²) in [6, 6.07) is 7.11. The summed E-state index contributed by atoms with van der Waals surface area (Å²) >= 11 is 6.01. The number of hydrogen-bond acceptors (Lipinski definition) is 3. The number of hydrogen-bond donors (Lipinski definition) is 3. The van der Waals surface area contributed by atoms with Gasteiger partial charge < -0.3 is 16.0 Å². The van der Waals surface area contributed by atoms with E-state index in [2.05, 4.69) is 16.0 Å². The van der Waals surface area contributed by atoms with Crippen molar-refractivity contribution in [3.05, 3.63) is 57.9 Å². The van der Waals surface area contributed by atoms with Crippen LogP contribution in [0, 0.1) is 5.82 Å². The summed E-state index contributed by atoms with van der Waals surface area (Å²) in [4.78, 5) is 0. The Kier molecular flexibility index (Phi) is 4.68. The minimum Gasteiger partial charge on any atom is -0.381 e. The molecule has 3 nitrogen and oxygen atoms in total. The third-order valence-electron chi connectivity index (χ3n) is 5.22. The second-order valence-electron chi connectivity index (χ2n) is 6.89. The largest absolute Gasteiger partial charge is 0.418 e. The molecule has 0 unspecified atom stereocenters. The first-order chi connectivity index (χ1) is 12.8. The second kappa shape index (κ2) is 6.87. The van der Waals surface area contributed by atoms with Crippen molar-refractivity contribution in [2.75, 3.05) is 23.7 Å². The van der Waals surface area contributed by atoms with E-state index >= 15 is 0 Å². The molecule has 2 aromatic carbocycles. The van der Waals surface area contributed by atoms with E-state index in [1.54, 1.807) is 12.1 Å². The first kappa shape index (κ1) is 18.4. The molecule has 2 heterocycles. The van der Waals surface area contributed by atoms with E-state index in [9.17, 15) is 17.6 Å². The highest BCUT2D eigenvalue weighted by Gasteiger charge is 2.42. The van der Waals surface area contributed by atoms with Crippen LogP contribution in [0.4, 0.5) is 28.9 Å². The van der Waals surface area contributed by atoms with Gasteiger partial charge in [0.15, 0.2) is 0 Å². The van der Waals surface area contributed by atoms with Gasteiger partial charge in [0.05, 0.1) is 11.3 Å². The van der Waals surface area contributed by atoms with Crippen LogP contribution >= 0.6 is 11.6 Å². The van der Waals surface area contributed by atoms with Gasteiger partial charge in [-0.3, -0.25) is 0 Å². The van der Waals surface area contributed by atoms with Crippen molar-refractivity contribution in [2.24, 2.45) is 0 Å². The SMILES string of the molecule is Fc1cccc(Cl)c1CNc1cc2c(c(C(F)(F)F)c1)N[C@@H]1CCNC[C@H]21. The van der Waals surface area contributed by atoms with Crippen molar-refractivity contribution < 1.29 is 17.6 Å². The number of piperidine rings is 1. The van der Waals surface area contributed by atoms with Gasteiger partial charge in [-0.05, 0) is 42.8 Å². The van der Waals surface area contributed by atoms with Gasteiger partial charge in [0.1, 0.15) is 5.82 Å². The summed E-state index contributed by atoms with van der Waals surface area (Å²) in [7, 11) is 0. The molecule has 27 heavy (non-hydrogen) atoms. The molecule has 3 N–H and O–H groups in total. The van der Waals surface area contributed by atoms with E-state index in [4.69, 9.17) is 11.6 Å². The zero-order chi connectivity index (χ0) is 19.2.